The lowest BCUT2D eigenvalue weighted by atomic mass is 10.1. The summed E-state index contributed by atoms with van der Waals surface area (Å²) in [5.74, 6) is 0.556. The number of hydrogen-bond donors (Lipinski definition) is 0. The second-order valence-corrected chi connectivity index (χ2v) is 5.09. The molecule has 0 bridgehead atoms. The minimum atomic E-state index is -0.103. The largest absolute Gasteiger partial charge is 0.484 e. The van der Waals surface area contributed by atoms with Crippen LogP contribution >= 0.6 is 11.6 Å². The van der Waals surface area contributed by atoms with Crippen molar-refractivity contribution in [3.63, 3.8) is 0 Å². The van der Waals surface area contributed by atoms with E-state index in [0.717, 1.165) is 22.7 Å². The number of halogens is 1. The fourth-order valence-electron chi connectivity index (χ4n) is 1.95. The van der Waals surface area contributed by atoms with Gasteiger partial charge >= 0.3 is 0 Å². The quantitative estimate of drug-likeness (QED) is 0.837. The van der Waals surface area contributed by atoms with E-state index in [0.29, 0.717) is 5.75 Å². The Hall–Kier alpha value is -2.00. The van der Waals surface area contributed by atoms with E-state index in [1.165, 1.54) is 0 Å². The zero-order chi connectivity index (χ0) is 15.2. The second-order valence-electron chi connectivity index (χ2n) is 4.68. The molecule has 0 fully saturated rings. The summed E-state index contributed by atoms with van der Waals surface area (Å²) < 4.78 is 5.56. The first-order valence-electron chi connectivity index (χ1n) is 6.84. The lowest BCUT2D eigenvalue weighted by Gasteiger charge is -2.17. The van der Waals surface area contributed by atoms with Gasteiger partial charge in [-0.15, -0.1) is 0 Å². The van der Waals surface area contributed by atoms with Crippen LogP contribution in [-0.4, -0.2) is 19.6 Å². The van der Waals surface area contributed by atoms with Crippen LogP contribution in [0.25, 0.3) is 0 Å². The average molecular weight is 304 g/mol. The minimum Gasteiger partial charge on any atom is -0.484 e. The van der Waals surface area contributed by atoms with Crippen molar-refractivity contribution < 1.29 is 9.53 Å². The molecule has 110 valence electrons. The van der Waals surface area contributed by atoms with E-state index in [1.807, 2.05) is 43.3 Å². The molecule has 0 spiro atoms. The number of carbonyl (C=O) groups is 1. The Morgan fingerprint density at radius 2 is 1.90 bits per heavy atom. The predicted octanol–water partition coefficient (Wildman–Crippen LogP) is 3.94. The summed E-state index contributed by atoms with van der Waals surface area (Å²) in [6.45, 7) is 2.02. The minimum absolute atomic E-state index is 0.00379. The Labute approximate surface area is 130 Å². The monoisotopic (exact) mass is 303 g/mol. The number of anilines is 1. The molecule has 2 rings (SSSR count). The van der Waals surface area contributed by atoms with E-state index < -0.39 is 0 Å². The molecule has 3 nitrogen and oxygen atoms in total. The Morgan fingerprint density at radius 3 is 2.57 bits per heavy atom. The van der Waals surface area contributed by atoms with Gasteiger partial charge in [0.05, 0.1) is 0 Å². The highest BCUT2D eigenvalue weighted by molar-refractivity contribution is 6.31. The summed E-state index contributed by atoms with van der Waals surface area (Å²) in [7, 11) is 1.74. The molecule has 0 aliphatic carbocycles. The van der Waals surface area contributed by atoms with E-state index in [1.54, 1.807) is 24.1 Å². The standard InChI is InChI=1S/C17H18ClNO2/c1-3-13-11-15(9-10-16(13)18)21-12-17(20)19(2)14-7-5-4-6-8-14/h4-11H,3,12H2,1-2H3. The normalized spacial score (nSPS) is 10.2. The molecule has 0 aromatic heterocycles. The number of carbonyl (C=O) groups excluding carboxylic acids is 1. The van der Waals surface area contributed by atoms with Crippen molar-refractivity contribution in [1.82, 2.24) is 0 Å². The third-order valence-corrected chi connectivity index (χ3v) is 3.65. The third-order valence-electron chi connectivity index (χ3n) is 3.28. The molecule has 0 heterocycles. The van der Waals surface area contributed by atoms with Crippen LogP contribution in [0.4, 0.5) is 5.69 Å². The highest BCUT2D eigenvalue weighted by Crippen LogP contribution is 2.22. The Kier molecular flexibility index (Phi) is 5.23. The Morgan fingerprint density at radius 1 is 1.19 bits per heavy atom. The average Bonchev–Trinajstić information content (AvgIpc) is 2.53. The lowest BCUT2D eigenvalue weighted by Crippen LogP contribution is -2.31. The van der Waals surface area contributed by atoms with Crippen molar-refractivity contribution in [1.29, 1.82) is 0 Å². The van der Waals surface area contributed by atoms with Crippen LogP contribution in [0.3, 0.4) is 0 Å². The summed E-state index contributed by atoms with van der Waals surface area (Å²) in [5.41, 5.74) is 1.86. The number of amides is 1. The van der Waals surface area contributed by atoms with Crippen LogP contribution in [-0.2, 0) is 11.2 Å². The number of aryl methyl sites for hydroxylation is 1. The molecule has 0 aliphatic heterocycles. The Bertz CT molecular complexity index is 613. The van der Waals surface area contributed by atoms with Gasteiger partial charge in [0.15, 0.2) is 6.61 Å². The van der Waals surface area contributed by atoms with E-state index in [4.69, 9.17) is 16.3 Å². The summed E-state index contributed by atoms with van der Waals surface area (Å²) in [6, 6.07) is 14.9. The van der Waals surface area contributed by atoms with Gasteiger partial charge < -0.3 is 9.64 Å². The number of likely N-dealkylation sites (N-methyl/N-ethyl adjacent to an activating group) is 1. The van der Waals surface area contributed by atoms with Crippen molar-refractivity contribution in [2.24, 2.45) is 0 Å². The first kappa shape index (κ1) is 15.4. The van der Waals surface area contributed by atoms with Gasteiger partial charge in [-0.1, -0.05) is 36.7 Å². The molecule has 0 atom stereocenters. The molecule has 1 amide bonds. The van der Waals surface area contributed by atoms with E-state index >= 15 is 0 Å². The number of rotatable bonds is 5. The van der Waals surface area contributed by atoms with Gasteiger partial charge in [-0.25, -0.2) is 0 Å². The fourth-order valence-corrected chi connectivity index (χ4v) is 2.20. The van der Waals surface area contributed by atoms with E-state index in [2.05, 4.69) is 0 Å². The van der Waals surface area contributed by atoms with Crippen molar-refractivity contribution in [3.05, 3.63) is 59.1 Å². The van der Waals surface area contributed by atoms with Crippen molar-refractivity contribution >= 4 is 23.2 Å². The molecular weight excluding hydrogens is 286 g/mol. The molecule has 0 saturated carbocycles. The van der Waals surface area contributed by atoms with E-state index in [9.17, 15) is 4.79 Å². The third kappa shape index (κ3) is 3.99. The van der Waals surface area contributed by atoms with Crippen molar-refractivity contribution in [3.8, 4) is 5.75 Å². The molecule has 0 saturated heterocycles. The first-order valence-corrected chi connectivity index (χ1v) is 7.22. The zero-order valence-electron chi connectivity index (χ0n) is 12.2. The number of benzene rings is 2. The van der Waals surface area contributed by atoms with Crippen LogP contribution < -0.4 is 9.64 Å². The first-order chi connectivity index (χ1) is 10.1. The lowest BCUT2D eigenvalue weighted by molar-refractivity contribution is -0.120. The van der Waals surface area contributed by atoms with Gasteiger partial charge in [-0.05, 0) is 42.3 Å². The fraction of sp³-hybridized carbons (Fsp3) is 0.235. The number of para-hydroxylation sites is 1. The van der Waals surface area contributed by atoms with E-state index in [-0.39, 0.29) is 12.5 Å². The SMILES string of the molecule is CCc1cc(OCC(=O)N(C)c2ccccc2)ccc1Cl. The summed E-state index contributed by atoms with van der Waals surface area (Å²) in [5, 5.41) is 0.720. The van der Waals surface area contributed by atoms with Crippen molar-refractivity contribution in [2.45, 2.75) is 13.3 Å². The molecule has 21 heavy (non-hydrogen) atoms. The molecule has 2 aromatic carbocycles. The van der Waals surface area contributed by atoms with Crippen LogP contribution in [0.1, 0.15) is 12.5 Å². The second kappa shape index (κ2) is 7.14. The van der Waals surface area contributed by atoms with Crippen molar-refractivity contribution in [2.75, 3.05) is 18.6 Å². The molecular formula is C17H18ClNO2. The zero-order valence-corrected chi connectivity index (χ0v) is 12.9. The Balaban J connectivity index is 1.98. The van der Waals surface area contributed by atoms with Crippen LogP contribution in [0, 0.1) is 0 Å². The van der Waals surface area contributed by atoms with Gasteiger partial charge in [-0.2, -0.15) is 0 Å². The highest BCUT2D eigenvalue weighted by atomic mass is 35.5. The van der Waals surface area contributed by atoms with Gasteiger partial charge in [0.1, 0.15) is 5.75 Å². The van der Waals surface area contributed by atoms with Gasteiger partial charge in [-0.3, -0.25) is 4.79 Å². The summed E-state index contributed by atoms with van der Waals surface area (Å²) >= 11 is 6.06. The van der Waals surface area contributed by atoms with Gasteiger partial charge in [0, 0.05) is 17.8 Å². The number of nitrogens with zero attached hydrogens (tertiary/aromatic N) is 1. The maximum absolute atomic E-state index is 12.1. The molecule has 0 radical (unpaired) electrons. The maximum Gasteiger partial charge on any atom is 0.264 e. The molecule has 2 aromatic rings. The molecule has 0 N–H and O–H groups in total. The number of ether oxygens (including phenoxy) is 1. The van der Waals surface area contributed by atoms with Crippen LogP contribution in [0.15, 0.2) is 48.5 Å². The number of hydrogen-bond acceptors (Lipinski definition) is 2. The topological polar surface area (TPSA) is 29.5 Å². The van der Waals surface area contributed by atoms with Gasteiger partial charge in [0.2, 0.25) is 0 Å². The smallest absolute Gasteiger partial charge is 0.264 e. The summed E-state index contributed by atoms with van der Waals surface area (Å²) in [4.78, 5) is 13.7. The van der Waals surface area contributed by atoms with Crippen LogP contribution in [0.5, 0.6) is 5.75 Å². The summed E-state index contributed by atoms with van der Waals surface area (Å²) in [6.07, 6.45) is 0.827. The maximum atomic E-state index is 12.1. The highest BCUT2D eigenvalue weighted by Gasteiger charge is 2.11. The molecule has 4 heteroatoms. The predicted molar refractivity (Wildman–Crippen MR) is 86.2 cm³/mol. The van der Waals surface area contributed by atoms with Gasteiger partial charge in [0.25, 0.3) is 5.91 Å². The van der Waals surface area contributed by atoms with Crippen LogP contribution in [0.2, 0.25) is 5.02 Å². The molecule has 0 aliphatic rings. The molecule has 0 unspecified atom stereocenters.